The molecule has 1 saturated heterocycles. The maximum Gasteiger partial charge on any atom is 0.243 e. The van der Waals surface area contributed by atoms with Gasteiger partial charge < -0.3 is 16.0 Å². The smallest absolute Gasteiger partial charge is 0.243 e. The third-order valence-corrected chi connectivity index (χ3v) is 8.90. The molecule has 218 valence electrons. The van der Waals surface area contributed by atoms with Crippen LogP contribution in [0.5, 0.6) is 0 Å². The Bertz CT molecular complexity index is 1320. The van der Waals surface area contributed by atoms with Crippen LogP contribution in [-0.4, -0.2) is 50.1 Å². The topological polar surface area (TPSA) is 145 Å². The Balaban J connectivity index is 1.72. The predicted molar refractivity (Wildman–Crippen MR) is 158 cm³/mol. The van der Waals surface area contributed by atoms with Crippen molar-refractivity contribution in [2.24, 2.45) is 5.73 Å². The normalized spacial score (nSPS) is 15.7. The second kappa shape index (κ2) is 13.0. The number of rotatable bonds is 11. The van der Waals surface area contributed by atoms with E-state index in [9.17, 15) is 18.0 Å². The molecule has 2 aromatic rings. The molecule has 40 heavy (non-hydrogen) atoms. The number of nitrogen functional groups attached to an aromatic ring is 1. The summed E-state index contributed by atoms with van der Waals surface area (Å²) < 4.78 is 29.8. The second-order valence-electron chi connectivity index (χ2n) is 11.4. The Morgan fingerprint density at radius 3 is 2.08 bits per heavy atom. The number of nitrogens with one attached hydrogen (secondary N) is 3. The lowest BCUT2D eigenvalue weighted by molar-refractivity contribution is -0.137. The molecule has 2 amide bonds. The van der Waals surface area contributed by atoms with Gasteiger partial charge in [0.2, 0.25) is 21.8 Å². The third kappa shape index (κ3) is 7.28. The minimum Gasteiger partial charge on any atom is -0.384 e. The molecule has 2 aromatic carbocycles. The van der Waals surface area contributed by atoms with Crippen LogP contribution in [-0.2, 0) is 26.2 Å². The van der Waals surface area contributed by atoms with E-state index >= 15 is 0 Å². The highest BCUT2D eigenvalue weighted by molar-refractivity contribution is 7.89. The highest BCUT2D eigenvalue weighted by Crippen LogP contribution is 2.35. The van der Waals surface area contributed by atoms with Gasteiger partial charge in [0.1, 0.15) is 11.9 Å². The van der Waals surface area contributed by atoms with Gasteiger partial charge in [-0.2, -0.15) is 0 Å². The van der Waals surface area contributed by atoms with Gasteiger partial charge in [-0.15, -0.1) is 0 Å². The summed E-state index contributed by atoms with van der Waals surface area (Å²) in [6.07, 6.45) is 1.18. The number of likely N-dealkylation sites (tertiary alicyclic amines) is 1. The fraction of sp³-hybridized carbons (Fsp3) is 0.500. The summed E-state index contributed by atoms with van der Waals surface area (Å²) in [5.41, 5.74) is 9.49. The van der Waals surface area contributed by atoms with Crippen LogP contribution in [0.2, 0.25) is 0 Å². The summed E-state index contributed by atoms with van der Waals surface area (Å²) in [4.78, 5) is 27.9. The number of nitrogens with zero attached hydrogens (tertiary/aromatic N) is 1. The lowest BCUT2D eigenvalue weighted by Crippen LogP contribution is -2.48. The number of hydrogen-bond donors (Lipinski definition) is 4. The van der Waals surface area contributed by atoms with Crippen molar-refractivity contribution in [2.45, 2.75) is 89.6 Å². The van der Waals surface area contributed by atoms with Gasteiger partial charge >= 0.3 is 0 Å². The molecule has 1 aliphatic heterocycles. The van der Waals surface area contributed by atoms with Gasteiger partial charge in [0, 0.05) is 18.7 Å². The highest BCUT2D eigenvalue weighted by Gasteiger charge is 2.35. The summed E-state index contributed by atoms with van der Waals surface area (Å²) in [6, 6.07) is 10.3. The minimum absolute atomic E-state index is 0.0243. The molecule has 0 aromatic heterocycles. The molecule has 0 saturated carbocycles. The van der Waals surface area contributed by atoms with Crippen LogP contribution < -0.4 is 15.8 Å². The Hall–Kier alpha value is -3.24. The zero-order valence-corrected chi connectivity index (χ0v) is 25.2. The average Bonchev–Trinajstić information content (AvgIpc) is 3.40. The van der Waals surface area contributed by atoms with Crippen molar-refractivity contribution in [3.8, 4) is 0 Å². The Labute approximate surface area is 238 Å². The molecule has 0 unspecified atom stereocenters. The van der Waals surface area contributed by atoms with E-state index in [1.54, 1.807) is 24.3 Å². The van der Waals surface area contributed by atoms with Crippen LogP contribution in [0.3, 0.4) is 0 Å². The largest absolute Gasteiger partial charge is 0.384 e. The molecule has 0 bridgehead atoms. The number of carbonyl (C=O) groups is 2. The van der Waals surface area contributed by atoms with Crippen molar-refractivity contribution in [1.29, 1.82) is 5.41 Å². The first-order valence-electron chi connectivity index (χ1n) is 13.9. The third-order valence-electron chi connectivity index (χ3n) is 7.37. The van der Waals surface area contributed by atoms with Gasteiger partial charge in [0.05, 0.1) is 11.4 Å². The molecule has 10 heteroatoms. The molecule has 1 heterocycles. The Morgan fingerprint density at radius 1 is 1.00 bits per heavy atom. The van der Waals surface area contributed by atoms with Crippen molar-refractivity contribution < 1.29 is 18.0 Å². The van der Waals surface area contributed by atoms with E-state index in [1.807, 2.05) is 39.8 Å². The van der Waals surface area contributed by atoms with Gasteiger partial charge in [-0.3, -0.25) is 15.0 Å². The SMILES string of the molecule is CC(C)c1cc(C(C)C)c(S(=O)(=O)NCC(=O)N2CCC[C@H]2C(=O)NCc2ccc(C(=N)N)cc2)c(C(C)C)c1. The quantitative estimate of drug-likeness (QED) is 0.239. The van der Waals surface area contributed by atoms with Crippen LogP contribution in [0.25, 0.3) is 0 Å². The first kappa shape index (κ1) is 31.3. The van der Waals surface area contributed by atoms with Crippen LogP contribution in [0.4, 0.5) is 0 Å². The average molecular weight is 570 g/mol. The maximum atomic E-state index is 13.6. The minimum atomic E-state index is -3.99. The van der Waals surface area contributed by atoms with Gasteiger partial charge in [-0.1, -0.05) is 77.9 Å². The molecule has 3 rings (SSSR count). The van der Waals surface area contributed by atoms with Crippen molar-refractivity contribution in [3.63, 3.8) is 0 Å². The molecule has 1 fully saturated rings. The zero-order valence-electron chi connectivity index (χ0n) is 24.4. The van der Waals surface area contributed by atoms with Crippen LogP contribution >= 0.6 is 0 Å². The summed E-state index contributed by atoms with van der Waals surface area (Å²) in [7, 11) is -3.99. The van der Waals surface area contributed by atoms with Crippen molar-refractivity contribution >= 4 is 27.7 Å². The number of amides is 2. The molecule has 9 nitrogen and oxygen atoms in total. The maximum absolute atomic E-state index is 13.6. The Kier molecular flexibility index (Phi) is 10.1. The van der Waals surface area contributed by atoms with Crippen LogP contribution in [0, 0.1) is 5.41 Å². The number of benzene rings is 2. The van der Waals surface area contributed by atoms with E-state index in [-0.39, 0.29) is 40.9 Å². The number of amidine groups is 1. The molecule has 1 atom stereocenters. The van der Waals surface area contributed by atoms with Gasteiger partial charge in [-0.25, -0.2) is 13.1 Å². The summed E-state index contributed by atoms with van der Waals surface area (Å²) in [5.74, 6) is -0.535. The van der Waals surface area contributed by atoms with Gasteiger partial charge in [0.15, 0.2) is 0 Å². The van der Waals surface area contributed by atoms with E-state index in [0.29, 0.717) is 24.9 Å². The molecule has 0 spiro atoms. The lowest BCUT2D eigenvalue weighted by Gasteiger charge is -2.25. The predicted octanol–water partition coefficient (Wildman–Crippen LogP) is 3.93. The van der Waals surface area contributed by atoms with Gasteiger partial charge in [-0.05, 0) is 52.8 Å². The van der Waals surface area contributed by atoms with Crippen LogP contribution in [0.1, 0.15) is 100.0 Å². The zero-order chi connectivity index (χ0) is 29.8. The standard InChI is InChI=1S/C30H43N5O4S/c1-18(2)23-14-24(19(3)4)28(25(15-23)20(5)6)40(38,39)34-17-27(36)35-13-7-8-26(35)30(37)33-16-21-9-11-22(12-10-21)29(31)32/h9-12,14-15,18-20,26,34H,7-8,13,16-17H2,1-6H3,(H3,31,32)(H,33,37)/t26-/m0/s1. The summed E-state index contributed by atoms with van der Waals surface area (Å²) in [5, 5.41) is 10.4. The first-order chi connectivity index (χ1) is 18.7. The van der Waals surface area contributed by atoms with Crippen molar-refractivity contribution in [3.05, 3.63) is 64.2 Å². The molecule has 5 N–H and O–H groups in total. The van der Waals surface area contributed by atoms with E-state index < -0.39 is 28.5 Å². The first-order valence-corrected chi connectivity index (χ1v) is 15.4. The molecular formula is C30H43N5O4S. The lowest BCUT2D eigenvalue weighted by atomic mass is 9.89. The molecule has 1 aliphatic rings. The van der Waals surface area contributed by atoms with E-state index in [2.05, 4.69) is 23.9 Å². The van der Waals surface area contributed by atoms with Gasteiger partial charge in [0.25, 0.3) is 0 Å². The van der Waals surface area contributed by atoms with Crippen molar-refractivity contribution in [2.75, 3.05) is 13.1 Å². The number of carbonyl (C=O) groups excluding carboxylic acids is 2. The summed E-state index contributed by atoms with van der Waals surface area (Å²) >= 11 is 0. The fourth-order valence-electron chi connectivity index (χ4n) is 4.98. The Morgan fingerprint density at radius 2 is 1.57 bits per heavy atom. The number of hydrogen-bond acceptors (Lipinski definition) is 5. The monoisotopic (exact) mass is 569 g/mol. The van der Waals surface area contributed by atoms with E-state index in [4.69, 9.17) is 11.1 Å². The van der Waals surface area contributed by atoms with Crippen molar-refractivity contribution in [1.82, 2.24) is 14.9 Å². The number of sulfonamides is 1. The van der Waals surface area contributed by atoms with Crippen LogP contribution in [0.15, 0.2) is 41.3 Å². The highest BCUT2D eigenvalue weighted by atomic mass is 32.2. The second-order valence-corrected chi connectivity index (χ2v) is 13.1. The molecular weight excluding hydrogens is 526 g/mol. The molecule has 0 radical (unpaired) electrons. The molecule has 0 aliphatic carbocycles. The fourth-order valence-corrected chi connectivity index (χ4v) is 6.64. The summed E-state index contributed by atoms with van der Waals surface area (Å²) in [6.45, 7) is 12.3. The van der Waals surface area contributed by atoms with E-state index in [0.717, 1.165) is 22.3 Å². The van der Waals surface area contributed by atoms with E-state index in [1.165, 1.54) is 4.90 Å². The number of nitrogens with two attached hydrogens (primary N) is 1.